The molecule has 0 radical (unpaired) electrons. The molecule has 1 aliphatic heterocycles. The van der Waals surface area contributed by atoms with Gasteiger partial charge in [-0.05, 0) is 64.5 Å². The van der Waals surface area contributed by atoms with Gasteiger partial charge in [0.05, 0.1) is 23.3 Å². The van der Waals surface area contributed by atoms with Crippen molar-refractivity contribution < 1.29 is 37.0 Å². The van der Waals surface area contributed by atoms with Crippen molar-refractivity contribution in [3.63, 3.8) is 0 Å². The van der Waals surface area contributed by atoms with Gasteiger partial charge in [-0.3, -0.25) is 19.3 Å². The number of benzene rings is 4. The van der Waals surface area contributed by atoms with Gasteiger partial charge in [-0.2, -0.15) is 13.2 Å². The molecule has 11 heteroatoms. The van der Waals surface area contributed by atoms with Crippen LogP contribution >= 0.6 is 11.8 Å². The minimum atomic E-state index is -4.64. The predicted octanol–water partition coefficient (Wildman–Crippen LogP) is 7.12. The number of halogens is 3. The molecule has 0 bridgehead atoms. The average Bonchev–Trinajstić information content (AvgIpc) is 3.23. The summed E-state index contributed by atoms with van der Waals surface area (Å²) in [7, 11) is 1.24. The molecule has 0 aliphatic carbocycles. The number of imide groups is 1. The Morgan fingerprint density at radius 1 is 0.929 bits per heavy atom. The molecule has 1 heterocycles. The maximum Gasteiger partial charge on any atom is 0.416 e. The first-order valence-electron chi connectivity index (χ1n) is 12.6. The number of carbonyl (C=O) groups excluding carboxylic acids is 3. The van der Waals surface area contributed by atoms with E-state index in [1.165, 1.54) is 13.2 Å². The average molecular weight is 593 g/mol. The maximum absolute atomic E-state index is 13.1. The van der Waals surface area contributed by atoms with Crippen LogP contribution in [0.2, 0.25) is 0 Å². The summed E-state index contributed by atoms with van der Waals surface area (Å²) >= 11 is 0.653. The topological polar surface area (TPSA) is 84.9 Å². The number of anilines is 1. The third kappa shape index (κ3) is 6.41. The van der Waals surface area contributed by atoms with E-state index >= 15 is 0 Å². The van der Waals surface area contributed by atoms with Crippen LogP contribution in [0.1, 0.15) is 16.7 Å². The van der Waals surface area contributed by atoms with Crippen molar-refractivity contribution in [2.24, 2.45) is 0 Å². The smallest absolute Gasteiger partial charge is 0.416 e. The van der Waals surface area contributed by atoms with E-state index in [2.05, 4.69) is 5.32 Å². The van der Waals surface area contributed by atoms with E-state index in [1.54, 1.807) is 24.3 Å². The summed E-state index contributed by atoms with van der Waals surface area (Å²) in [4.78, 5) is 39.1. The van der Waals surface area contributed by atoms with Gasteiger partial charge in [0.25, 0.3) is 11.1 Å². The van der Waals surface area contributed by atoms with Crippen LogP contribution < -0.4 is 14.8 Å². The largest absolute Gasteiger partial charge is 0.495 e. The molecule has 7 nitrogen and oxygen atoms in total. The molecule has 0 aromatic heterocycles. The second-order valence-electron chi connectivity index (χ2n) is 9.24. The Hall–Kier alpha value is -4.77. The van der Waals surface area contributed by atoms with E-state index in [0.29, 0.717) is 23.1 Å². The zero-order valence-electron chi connectivity index (χ0n) is 22.1. The van der Waals surface area contributed by atoms with Crippen molar-refractivity contribution in [1.82, 2.24) is 4.90 Å². The van der Waals surface area contributed by atoms with Gasteiger partial charge in [0.2, 0.25) is 5.91 Å². The van der Waals surface area contributed by atoms with Gasteiger partial charge in [0.15, 0.2) is 0 Å². The maximum atomic E-state index is 13.1. The van der Waals surface area contributed by atoms with E-state index in [0.717, 1.165) is 39.4 Å². The number of methoxy groups -OCH3 is 1. The molecule has 4 aromatic rings. The normalized spacial score (nSPS) is 14.5. The van der Waals surface area contributed by atoms with Crippen LogP contribution in [-0.4, -0.2) is 35.6 Å². The Labute approximate surface area is 242 Å². The van der Waals surface area contributed by atoms with Crippen molar-refractivity contribution in [1.29, 1.82) is 0 Å². The van der Waals surface area contributed by atoms with E-state index in [1.807, 2.05) is 42.5 Å². The molecule has 0 atom stereocenters. The number of para-hydroxylation sites is 1. The SMILES string of the molecule is COc1ccc(C(F)(F)F)cc1NC(=O)CN1C(=O)S/C(=C\c2ccccc2OCc2ccc3ccccc3c2)C1=O. The van der Waals surface area contributed by atoms with Gasteiger partial charge in [-0.25, -0.2) is 0 Å². The van der Waals surface area contributed by atoms with Crippen LogP contribution in [0.5, 0.6) is 11.5 Å². The molecule has 1 fully saturated rings. The van der Waals surface area contributed by atoms with Crippen molar-refractivity contribution in [3.05, 3.63) is 107 Å². The molecule has 5 rings (SSSR count). The Bertz CT molecular complexity index is 1720. The second kappa shape index (κ2) is 12.0. The molecule has 42 heavy (non-hydrogen) atoms. The van der Waals surface area contributed by atoms with E-state index in [4.69, 9.17) is 9.47 Å². The van der Waals surface area contributed by atoms with Gasteiger partial charge in [-0.1, -0.05) is 54.6 Å². The summed E-state index contributed by atoms with van der Waals surface area (Å²) in [5.41, 5.74) is 0.278. The molecule has 0 spiro atoms. The van der Waals surface area contributed by atoms with Crippen LogP contribution in [0.25, 0.3) is 16.8 Å². The predicted molar refractivity (Wildman–Crippen MR) is 154 cm³/mol. The molecule has 4 aromatic carbocycles. The van der Waals surface area contributed by atoms with Crippen molar-refractivity contribution in [2.75, 3.05) is 19.0 Å². The quantitative estimate of drug-likeness (QED) is 0.219. The number of thioether (sulfide) groups is 1. The number of alkyl halides is 3. The number of carbonyl (C=O) groups is 3. The summed E-state index contributed by atoms with van der Waals surface area (Å²) in [5, 5.41) is 3.80. The highest BCUT2D eigenvalue weighted by molar-refractivity contribution is 8.18. The minimum absolute atomic E-state index is 0.00863. The van der Waals surface area contributed by atoms with E-state index in [-0.39, 0.29) is 22.9 Å². The lowest BCUT2D eigenvalue weighted by Gasteiger charge is -2.16. The molecule has 1 aliphatic rings. The Morgan fingerprint density at radius 2 is 1.67 bits per heavy atom. The first-order valence-corrected chi connectivity index (χ1v) is 13.4. The number of amides is 3. The summed E-state index contributed by atoms with van der Waals surface area (Å²) in [6.45, 7) is -0.419. The summed E-state index contributed by atoms with van der Waals surface area (Å²) in [5.74, 6) is -1.09. The highest BCUT2D eigenvalue weighted by Gasteiger charge is 2.37. The third-order valence-electron chi connectivity index (χ3n) is 6.39. The fraction of sp³-hybridized carbons (Fsp3) is 0.129. The van der Waals surface area contributed by atoms with Gasteiger partial charge < -0.3 is 14.8 Å². The third-order valence-corrected chi connectivity index (χ3v) is 7.30. The number of hydrogen-bond acceptors (Lipinski definition) is 6. The lowest BCUT2D eigenvalue weighted by Crippen LogP contribution is -2.36. The van der Waals surface area contributed by atoms with E-state index in [9.17, 15) is 27.6 Å². The number of fused-ring (bicyclic) bond motifs is 1. The molecular formula is C31H23F3N2O5S. The highest BCUT2D eigenvalue weighted by Crippen LogP contribution is 2.36. The first kappa shape index (κ1) is 28.7. The highest BCUT2D eigenvalue weighted by atomic mass is 32.2. The molecular weight excluding hydrogens is 569 g/mol. The Balaban J connectivity index is 1.28. The number of ether oxygens (including phenoxy) is 2. The van der Waals surface area contributed by atoms with Crippen molar-refractivity contribution >= 4 is 51.4 Å². The van der Waals surface area contributed by atoms with Crippen LogP contribution in [0, 0.1) is 0 Å². The molecule has 3 amide bonds. The van der Waals surface area contributed by atoms with Gasteiger partial charge in [-0.15, -0.1) is 0 Å². The summed E-state index contributed by atoms with van der Waals surface area (Å²) in [6, 6.07) is 23.6. The Morgan fingerprint density at radius 3 is 2.43 bits per heavy atom. The molecule has 0 unspecified atom stereocenters. The van der Waals surface area contributed by atoms with Crippen LogP contribution in [0.4, 0.5) is 23.7 Å². The molecule has 1 N–H and O–H groups in total. The van der Waals surface area contributed by atoms with Gasteiger partial charge in [0.1, 0.15) is 24.7 Å². The molecule has 0 saturated carbocycles. The van der Waals surface area contributed by atoms with Crippen LogP contribution in [0.3, 0.4) is 0 Å². The van der Waals surface area contributed by atoms with Gasteiger partial charge in [0, 0.05) is 5.56 Å². The molecule has 1 saturated heterocycles. The number of nitrogens with one attached hydrogen (secondary N) is 1. The first-order chi connectivity index (χ1) is 20.1. The van der Waals surface area contributed by atoms with Crippen LogP contribution in [0.15, 0.2) is 89.8 Å². The fourth-order valence-corrected chi connectivity index (χ4v) is 5.14. The lowest BCUT2D eigenvalue weighted by atomic mass is 10.1. The van der Waals surface area contributed by atoms with Crippen LogP contribution in [-0.2, 0) is 22.4 Å². The zero-order chi connectivity index (χ0) is 29.9. The minimum Gasteiger partial charge on any atom is -0.495 e. The number of rotatable bonds is 8. The van der Waals surface area contributed by atoms with Gasteiger partial charge >= 0.3 is 6.18 Å². The Kier molecular flexibility index (Phi) is 8.21. The summed E-state index contributed by atoms with van der Waals surface area (Å²) < 4.78 is 50.5. The van der Waals surface area contributed by atoms with Crippen molar-refractivity contribution in [2.45, 2.75) is 12.8 Å². The number of nitrogens with zero attached hydrogens (tertiary/aromatic N) is 1. The molecule has 214 valence electrons. The van der Waals surface area contributed by atoms with Crippen molar-refractivity contribution in [3.8, 4) is 11.5 Å². The lowest BCUT2D eigenvalue weighted by molar-refractivity contribution is -0.137. The zero-order valence-corrected chi connectivity index (χ0v) is 22.9. The standard InChI is InChI=1S/C31H23F3N2O5S/c1-40-26-13-12-23(31(32,33)34)16-24(26)35-28(37)17-36-29(38)27(42-30(36)39)15-22-8-4-5-9-25(22)41-18-19-10-11-20-6-2-3-7-21(20)14-19/h2-16H,17-18H2,1H3,(H,35,37)/b27-15-. The number of hydrogen-bond donors (Lipinski definition) is 1. The summed E-state index contributed by atoms with van der Waals surface area (Å²) in [6.07, 6.45) is -3.13. The van der Waals surface area contributed by atoms with E-state index < -0.39 is 35.3 Å². The monoisotopic (exact) mass is 592 g/mol. The second-order valence-corrected chi connectivity index (χ2v) is 10.2. The fourth-order valence-electron chi connectivity index (χ4n) is 4.31.